The molecule has 0 aliphatic carbocycles. The number of hydrogen-bond acceptors (Lipinski definition) is 2. The van der Waals surface area contributed by atoms with Crippen molar-refractivity contribution in [1.29, 1.82) is 0 Å². The van der Waals surface area contributed by atoms with Gasteiger partial charge in [-0.1, -0.05) is 22.9 Å². The second-order valence-corrected chi connectivity index (χ2v) is 5.70. The summed E-state index contributed by atoms with van der Waals surface area (Å²) in [6, 6.07) is 7.61. The van der Waals surface area contributed by atoms with E-state index in [-0.39, 0.29) is 5.82 Å². The summed E-state index contributed by atoms with van der Waals surface area (Å²) < 4.78 is 27.6. The normalized spacial score (nSPS) is 14.1. The average molecular weight is 341 g/mol. The van der Waals surface area contributed by atoms with E-state index in [2.05, 4.69) is 20.9 Å². The number of nitrogens with two attached hydrogens (primary N) is 1. The van der Waals surface area contributed by atoms with Crippen LogP contribution in [0.2, 0.25) is 0 Å². The fourth-order valence-electron chi connectivity index (χ4n) is 2.09. The highest BCUT2D eigenvalue weighted by molar-refractivity contribution is 9.10. The molecule has 5 heteroatoms. The average Bonchev–Trinajstić information content (AvgIpc) is 2.43. The molecule has 0 aliphatic rings. The summed E-state index contributed by atoms with van der Waals surface area (Å²) in [7, 11) is 0. The van der Waals surface area contributed by atoms with Crippen molar-refractivity contribution >= 4 is 15.9 Å². The minimum absolute atomic E-state index is 0.299. The van der Waals surface area contributed by atoms with E-state index in [0.717, 1.165) is 10.7 Å². The van der Waals surface area contributed by atoms with Gasteiger partial charge in [-0.25, -0.2) is 8.78 Å². The standard InChI is InChI=1S/C15H15BrF2N2/c1-2-15(19,14-6-4-12(17)9-20-14)8-10-7-11(16)3-5-13(10)18/h3-7,9H,2,8,19H2,1H3. The number of halogens is 3. The minimum atomic E-state index is -0.824. The topological polar surface area (TPSA) is 38.9 Å². The smallest absolute Gasteiger partial charge is 0.141 e. The molecule has 1 aromatic heterocycles. The van der Waals surface area contributed by atoms with Crippen molar-refractivity contribution in [1.82, 2.24) is 4.98 Å². The third-order valence-corrected chi connectivity index (χ3v) is 3.88. The molecule has 2 aromatic rings. The SMILES string of the molecule is CCC(N)(Cc1cc(Br)ccc1F)c1ccc(F)cn1. The summed E-state index contributed by atoms with van der Waals surface area (Å²) >= 11 is 3.32. The van der Waals surface area contributed by atoms with Crippen LogP contribution in [-0.4, -0.2) is 4.98 Å². The van der Waals surface area contributed by atoms with Crippen molar-refractivity contribution in [2.45, 2.75) is 25.3 Å². The van der Waals surface area contributed by atoms with E-state index in [0.29, 0.717) is 24.1 Å². The number of hydrogen-bond donors (Lipinski definition) is 1. The Morgan fingerprint density at radius 3 is 2.60 bits per heavy atom. The Hall–Kier alpha value is -1.33. The molecule has 20 heavy (non-hydrogen) atoms. The molecule has 0 amide bonds. The second kappa shape index (κ2) is 5.97. The molecular weight excluding hydrogens is 326 g/mol. The first kappa shape index (κ1) is 15.1. The lowest BCUT2D eigenvalue weighted by atomic mass is 9.85. The van der Waals surface area contributed by atoms with Crippen LogP contribution in [0.25, 0.3) is 0 Å². The Morgan fingerprint density at radius 2 is 2.00 bits per heavy atom. The molecule has 2 N–H and O–H groups in total. The summed E-state index contributed by atoms with van der Waals surface area (Å²) in [5.74, 6) is -0.723. The maximum Gasteiger partial charge on any atom is 0.141 e. The largest absolute Gasteiger partial charge is 0.320 e. The molecule has 0 aliphatic heterocycles. The number of aromatic nitrogens is 1. The van der Waals surface area contributed by atoms with E-state index in [1.807, 2.05) is 6.92 Å². The highest BCUT2D eigenvalue weighted by Gasteiger charge is 2.28. The molecule has 1 atom stereocenters. The Kier molecular flexibility index (Phi) is 4.50. The van der Waals surface area contributed by atoms with Gasteiger partial charge in [0, 0.05) is 4.47 Å². The van der Waals surface area contributed by atoms with Crippen LogP contribution in [0, 0.1) is 11.6 Å². The van der Waals surface area contributed by atoms with Crippen molar-refractivity contribution < 1.29 is 8.78 Å². The third kappa shape index (κ3) is 3.22. The monoisotopic (exact) mass is 340 g/mol. The van der Waals surface area contributed by atoms with Crippen LogP contribution >= 0.6 is 15.9 Å². The zero-order chi connectivity index (χ0) is 14.8. The Balaban J connectivity index is 2.36. The molecule has 0 fully saturated rings. The first-order valence-electron chi connectivity index (χ1n) is 6.29. The molecule has 1 unspecified atom stereocenters. The van der Waals surface area contributed by atoms with Crippen LogP contribution < -0.4 is 5.73 Å². The number of benzene rings is 1. The van der Waals surface area contributed by atoms with Gasteiger partial charge in [-0.15, -0.1) is 0 Å². The van der Waals surface area contributed by atoms with Crippen LogP contribution in [0.1, 0.15) is 24.6 Å². The zero-order valence-corrected chi connectivity index (χ0v) is 12.6. The van der Waals surface area contributed by atoms with E-state index in [4.69, 9.17) is 5.73 Å². The summed E-state index contributed by atoms with van der Waals surface area (Å²) in [5.41, 5.74) is 6.59. The first-order valence-corrected chi connectivity index (χ1v) is 7.09. The summed E-state index contributed by atoms with van der Waals surface area (Å²) in [6.45, 7) is 1.90. The second-order valence-electron chi connectivity index (χ2n) is 4.78. The fourth-order valence-corrected chi connectivity index (χ4v) is 2.49. The Labute approximate surface area is 125 Å². The first-order chi connectivity index (χ1) is 9.44. The predicted molar refractivity (Wildman–Crippen MR) is 78.2 cm³/mol. The van der Waals surface area contributed by atoms with Gasteiger partial charge < -0.3 is 5.73 Å². The van der Waals surface area contributed by atoms with Gasteiger partial charge in [0.15, 0.2) is 0 Å². The van der Waals surface area contributed by atoms with Gasteiger partial charge in [0.05, 0.1) is 17.4 Å². The van der Waals surface area contributed by atoms with Gasteiger partial charge >= 0.3 is 0 Å². The molecule has 0 spiro atoms. The number of rotatable bonds is 4. The Bertz CT molecular complexity index is 601. The molecule has 106 valence electrons. The van der Waals surface area contributed by atoms with Gasteiger partial charge in [0.25, 0.3) is 0 Å². The van der Waals surface area contributed by atoms with E-state index >= 15 is 0 Å². The van der Waals surface area contributed by atoms with Gasteiger partial charge in [-0.3, -0.25) is 4.98 Å². The lowest BCUT2D eigenvalue weighted by molar-refractivity contribution is 0.403. The maximum atomic E-state index is 13.9. The van der Waals surface area contributed by atoms with E-state index in [1.54, 1.807) is 18.2 Å². The number of nitrogens with zero attached hydrogens (tertiary/aromatic N) is 1. The zero-order valence-electron chi connectivity index (χ0n) is 11.0. The predicted octanol–water partition coefficient (Wildman–Crippen LogP) is 3.93. The quantitative estimate of drug-likeness (QED) is 0.915. The molecule has 0 saturated heterocycles. The summed E-state index contributed by atoms with van der Waals surface area (Å²) in [6.07, 6.45) is 1.99. The van der Waals surface area contributed by atoms with Gasteiger partial charge in [0.1, 0.15) is 11.6 Å². The molecule has 2 rings (SSSR count). The molecule has 0 bridgehead atoms. The molecule has 0 radical (unpaired) electrons. The molecule has 2 nitrogen and oxygen atoms in total. The lowest BCUT2D eigenvalue weighted by Crippen LogP contribution is -2.39. The van der Waals surface area contributed by atoms with Gasteiger partial charge in [0.2, 0.25) is 0 Å². The van der Waals surface area contributed by atoms with Crippen LogP contribution in [0.5, 0.6) is 0 Å². The van der Waals surface area contributed by atoms with Crippen LogP contribution in [0.4, 0.5) is 8.78 Å². The van der Waals surface area contributed by atoms with Crippen LogP contribution in [0.3, 0.4) is 0 Å². The highest BCUT2D eigenvalue weighted by atomic mass is 79.9. The molecule has 1 aromatic carbocycles. The number of pyridine rings is 1. The van der Waals surface area contributed by atoms with Crippen molar-refractivity contribution in [3.63, 3.8) is 0 Å². The molecule has 0 saturated carbocycles. The lowest BCUT2D eigenvalue weighted by Gasteiger charge is -2.28. The third-order valence-electron chi connectivity index (χ3n) is 3.38. The summed E-state index contributed by atoms with van der Waals surface area (Å²) in [5, 5.41) is 0. The van der Waals surface area contributed by atoms with Crippen LogP contribution in [0.15, 0.2) is 41.0 Å². The van der Waals surface area contributed by atoms with Crippen LogP contribution in [-0.2, 0) is 12.0 Å². The summed E-state index contributed by atoms with van der Waals surface area (Å²) in [4.78, 5) is 4.04. The van der Waals surface area contributed by atoms with Crippen molar-refractivity contribution in [3.05, 3.63) is 63.9 Å². The molecular formula is C15H15BrF2N2. The van der Waals surface area contributed by atoms with E-state index in [1.165, 1.54) is 12.1 Å². The van der Waals surface area contributed by atoms with E-state index < -0.39 is 11.4 Å². The highest BCUT2D eigenvalue weighted by Crippen LogP contribution is 2.27. The Morgan fingerprint density at radius 1 is 1.25 bits per heavy atom. The maximum absolute atomic E-state index is 13.9. The van der Waals surface area contributed by atoms with Crippen molar-refractivity contribution in [3.8, 4) is 0 Å². The molecule has 1 heterocycles. The van der Waals surface area contributed by atoms with Crippen molar-refractivity contribution in [2.75, 3.05) is 0 Å². The van der Waals surface area contributed by atoms with Gasteiger partial charge in [-0.05, 0) is 48.7 Å². The fraction of sp³-hybridized carbons (Fsp3) is 0.267. The van der Waals surface area contributed by atoms with Gasteiger partial charge in [-0.2, -0.15) is 0 Å². The van der Waals surface area contributed by atoms with Crippen molar-refractivity contribution in [2.24, 2.45) is 5.73 Å². The minimum Gasteiger partial charge on any atom is -0.320 e. The van der Waals surface area contributed by atoms with E-state index in [9.17, 15) is 8.78 Å².